The van der Waals surface area contributed by atoms with Crippen LogP contribution in [-0.4, -0.2) is 15.9 Å². The molecule has 2 N–H and O–H groups in total. The van der Waals surface area contributed by atoms with Crippen LogP contribution in [0.3, 0.4) is 0 Å². The molecule has 4 nitrogen and oxygen atoms in total. The van der Waals surface area contributed by atoms with Gasteiger partial charge >= 0.3 is 0 Å². The number of hydrogen-bond acceptors (Lipinski definition) is 2. The first-order valence-corrected chi connectivity index (χ1v) is 10.5. The summed E-state index contributed by atoms with van der Waals surface area (Å²) in [4.78, 5) is 20.5. The summed E-state index contributed by atoms with van der Waals surface area (Å²) in [5.41, 5.74) is 5.47. The van der Waals surface area contributed by atoms with Crippen LogP contribution in [0.4, 0.5) is 5.69 Å². The molecule has 1 aromatic heterocycles. The van der Waals surface area contributed by atoms with Crippen molar-refractivity contribution in [3.8, 4) is 0 Å². The number of carbonyl (C=O) groups excluding carboxylic acids is 1. The molecule has 4 heteroatoms. The van der Waals surface area contributed by atoms with Crippen LogP contribution >= 0.6 is 0 Å². The average Bonchev–Trinajstić information content (AvgIpc) is 3.09. The Morgan fingerprint density at radius 3 is 2.82 bits per heavy atom. The van der Waals surface area contributed by atoms with Crippen molar-refractivity contribution in [1.29, 1.82) is 0 Å². The summed E-state index contributed by atoms with van der Waals surface area (Å²) < 4.78 is 0. The van der Waals surface area contributed by atoms with Gasteiger partial charge in [0, 0.05) is 18.5 Å². The lowest BCUT2D eigenvalue weighted by atomic mass is 9.87. The lowest BCUT2D eigenvalue weighted by Crippen LogP contribution is -2.18. The summed E-state index contributed by atoms with van der Waals surface area (Å²) in [7, 11) is 0. The van der Waals surface area contributed by atoms with Crippen molar-refractivity contribution in [2.45, 2.75) is 58.3 Å². The molecule has 1 heterocycles. The van der Waals surface area contributed by atoms with Crippen molar-refractivity contribution in [2.75, 3.05) is 5.32 Å². The molecule has 1 amide bonds. The minimum atomic E-state index is 0.150. The summed E-state index contributed by atoms with van der Waals surface area (Å²) in [5.74, 6) is 1.72. The summed E-state index contributed by atoms with van der Waals surface area (Å²) in [5, 5.41) is 3.09. The van der Waals surface area contributed by atoms with Crippen molar-refractivity contribution in [2.24, 2.45) is 5.92 Å². The van der Waals surface area contributed by atoms with Crippen LogP contribution in [0.25, 0.3) is 11.0 Å². The van der Waals surface area contributed by atoms with E-state index < -0.39 is 0 Å². The van der Waals surface area contributed by atoms with Crippen molar-refractivity contribution >= 4 is 22.6 Å². The number of H-pyrrole nitrogens is 1. The SMILES string of the molecule is Cc1ccc2nc(CCc3cccc(NC(=O)CC4CCCCC4)c3)[nH]c2c1. The number of aromatic amines is 1. The fourth-order valence-electron chi connectivity index (χ4n) is 4.23. The summed E-state index contributed by atoms with van der Waals surface area (Å²) in [6.07, 6.45) is 8.67. The Labute approximate surface area is 166 Å². The van der Waals surface area contributed by atoms with E-state index in [0.717, 1.165) is 35.4 Å². The van der Waals surface area contributed by atoms with Gasteiger partial charge in [-0.15, -0.1) is 0 Å². The van der Waals surface area contributed by atoms with Gasteiger partial charge in [0.25, 0.3) is 0 Å². The van der Waals surface area contributed by atoms with Gasteiger partial charge in [0.05, 0.1) is 11.0 Å². The van der Waals surface area contributed by atoms with E-state index in [9.17, 15) is 4.79 Å². The molecule has 1 saturated carbocycles. The minimum absolute atomic E-state index is 0.150. The maximum atomic E-state index is 12.4. The standard InChI is InChI=1S/C24H29N3O/c1-17-10-12-21-22(14-17)27-23(26-21)13-11-19-8-5-9-20(15-19)25-24(28)16-18-6-3-2-4-7-18/h5,8-10,12,14-15,18H,2-4,6-7,11,13,16H2,1H3,(H,25,28)(H,26,27). The molecule has 28 heavy (non-hydrogen) atoms. The predicted octanol–water partition coefficient (Wildman–Crippen LogP) is 5.57. The number of nitrogens with zero attached hydrogens (tertiary/aromatic N) is 1. The highest BCUT2D eigenvalue weighted by atomic mass is 16.1. The topological polar surface area (TPSA) is 57.8 Å². The number of aryl methyl sites for hydroxylation is 3. The second kappa shape index (κ2) is 8.59. The number of fused-ring (bicyclic) bond motifs is 1. The Balaban J connectivity index is 1.34. The Kier molecular flexibility index (Phi) is 5.75. The number of aromatic nitrogens is 2. The molecule has 2 aromatic carbocycles. The first-order valence-electron chi connectivity index (χ1n) is 10.5. The van der Waals surface area contributed by atoms with Crippen molar-refractivity contribution < 1.29 is 4.79 Å². The molecular weight excluding hydrogens is 346 g/mol. The first kappa shape index (κ1) is 18.7. The smallest absolute Gasteiger partial charge is 0.224 e. The summed E-state index contributed by atoms with van der Waals surface area (Å²) in [6.45, 7) is 2.09. The van der Waals surface area contributed by atoms with Gasteiger partial charge < -0.3 is 10.3 Å². The highest BCUT2D eigenvalue weighted by Gasteiger charge is 2.17. The molecule has 0 radical (unpaired) electrons. The molecule has 1 aliphatic rings. The van der Waals surface area contributed by atoms with Crippen LogP contribution < -0.4 is 5.32 Å². The number of amides is 1. The molecule has 0 saturated heterocycles. The Morgan fingerprint density at radius 1 is 1.11 bits per heavy atom. The molecule has 0 spiro atoms. The number of imidazole rings is 1. The van der Waals surface area contributed by atoms with E-state index in [-0.39, 0.29) is 5.91 Å². The van der Waals surface area contributed by atoms with Crippen LogP contribution in [0.2, 0.25) is 0 Å². The number of carbonyl (C=O) groups is 1. The van der Waals surface area contributed by atoms with E-state index in [1.54, 1.807) is 0 Å². The fourth-order valence-corrected chi connectivity index (χ4v) is 4.23. The molecule has 4 rings (SSSR count). The van der Waals surface area contributed by atoms with Crippen molar-refractivity contribution in [3.05, 3.63) is 59.4 Å². The third-order valence-electron chi connectivity index (χ3n) is 5.75. The number of benzene rings is 2. The molecule has 3 aromatic rings. The molecule has 0 unspecified atom stereocenters. The first-order chi connectivity index (χ1) is 13.7. The molecule has 0 aliphatic heterocycles. The Hall–Kier alpha value is -2.62. The molecule has 0 atom stereocenters. The zero-order valence-corrected chi connectivity index (χ0v) is 16.6. The number of anilines is 1. The van der Waals surface area contributed by atoms with E-state index in [2.05, 4.69) is 52.5 Å². The van der Waals surface area contributed by atoms with Crippen LogP contribution in [0.5, 0.6) is 0 Å². The van der Waals surface area contributed by atoms with Gasteiger partial charge in [0.1, 0.15) is 5.82 Å². The van der Waals surface area contributed by atoms with Crippen molar-refractivity contribution in [3.63, 3.8) is 0 Å². The van der Waals surface area contributed by atoms with E-state index in [1.807, 2.05) is 12.1 Å². The Bertz CT molecular complexity index is 953. The Morgan fingerprint density at radius 2 is 1.96 bits per heavy atom. The third kappa shape index (κ3) is 4.80. The normalized spacial score (nSPS) is 15.0. The monoisotopic (exact) mass is 375 g/mol. The zero-order chi connectivity index (χ0) is 19.3. The van der Waals surface area contributed by atoms with Gasteiger partial charge in [-0.1, -0.05) is 37.5 Å². The van der Waals surface area contributed by atoms with E-state index in [1.165, 1.54) is 43.2 Å². The average molecular weight is 376 g/mol. The molecule has 1 fully saturated rings. The van der Waals surface area contributed by atoms with Crippen LogP contribution in [0.1, 0.15) is 55.5 Å². The lowest BCUT2D eigenvalue weighted by molar-refractivity contribution is -0.117. The lowest BCUT2D eigenvalue weighted by Gasteiger charge is -2.20. The second-order valence-corrected chi connectivity index (χ2v) is 8.16. The van der Waals surface area contributed by atoms with Gasteiger partial charge in [0.15, 0.2) is 0 Å². The summed E-state index contributed by atoms with van der Waals surface area (Å²) in [6, 6.07) is 14.5. The van der Waals surface area contributed by atoms with Crippen LogP contribution in [0.15, 0.2) is 42.5 Å². The highest BCUT2D eigenvalue weighted by molar-refractivity contribution is 5.90. The third-order valence-corrected chi connectivity index (χ3v) is 5.75. The predicted molar refractivity (Wildman–Crippen MR) is 115 cm³/mol. The number of nitrogens with one attached hydrogen (secondary N) is 2. The summed E-state index contributed by atoms with van der Waals surface area (Å²) >= 11 is 0. The molecule has 146 valence electrons. The highest BCUT2D eigenvalue weighted by Crippen LogP contribution is 2.26. The maximum Gasteiger partial charge on any atom is 0.224 e. The molecular formula is C24H29N3O. The maximum absolute atomic E-state index is 12.4. The van der Waals surface area contributed by atoms with Gasteiger partial charge in [-0.05, 0) is 67.5 Å². The fraction of sp³-hybridized carbons (Fsp3) is 0.417. The van der Waals surface area contributed by atoms with E-state index in [0.29, 0.717) is 12.3 Å². The largest absolute Gasteiger partial charge is 0.342 e. The van der Waals surface area contributed by atoms with Gasteiger partial charge in [-0.25, -0.2) is 4.98 Å². The number of rotatable bonds is 6. The number of hydrogen-bond donors (Lipinski definition) is 2. The second-order valence-electron chi connectivity index (χ2n) is 8.16. The van der Waals surface area contributed by atoms with E-state index >= 15 is 0 Å². The quantitative estimate of drug-likeness (QED) is 0.592. The van der Waals surface area contributed by atoms with Gasteiger partial charge in [-0.2, -0.15) is 0 Å². The zero-order valence-electron chi connectivity index (χ0n) is 16.6. The minimum Gasteiger partial charge on any atom is -0.342 e. The van der Waals surface area contributed by atoms with E-state index in [4.69, 9.17) is 0 Å². The van der Waals surface area contributed by atoms with Crippen LogP contribution in [-0.2, 0) is 17.6 Å². The molecule has 0 bridgehead atoms. The van der Waals surface area contributed by atoms with Crippen LogP contribution in [0, 0.1) is 12.8 Å². The van der Waals surface area contributed by atoms with Crippen molar-refractivity contribution in [1.82, 2.24) is 9.97 Å². The molecule has 1 aliphatic carbocycles. The van der Waals surface area contributed by atoms with Gasteiger partial charge in [0.2, 0.25) is 5.91 Å². The van der Waals surface area contributed by atoms with Gasteiger partial charge in [-0.3, -0.25) is 4.79 Å².